The first-order valence-electron chi connectivity index (χ1n) is 6.45. The highest BCUT2D eigenvalue weighted by atomic mass is 32.1. The quantitative estimate of drug-likeness (QED) is 0.824. The molecule has 0 bridgehead atoms. The number of phenols is 1. The van der Waals surface area contributed by atoms with Gasteiger partial charge in [0.25, 0.3) is 0 Å². The lowest BCUT2D eigenvalue weighted by atomic mass is 10.0. The molecule has 1 amide bonds. The molecule has 19 heavy (non-hydrogen) atoms. The summed E-state index contributed by atoms with van der Waals surface area (Å²) in [6.45, 7) is 0.689. The number of benzene rings is 1. The van der Waals surface area contributed by atoms with Gasteiger partial charge in [-0.05, 0) is 25.3 Å². The van der Waals surface area contributed by atoms with Gasteiger partial charge in [0.05, 0.1) is 17.5 Å². The smallest absolute Gasteiger partial charge is 0.227 e. The molecular formula is C14H18N2O2S. The molecule has 0 radical (unpaired) electrons. The molecule has 1 heterocycles. The van der Waals surface area contributed by atoms with E-state index in [1.54, 1.807) is 23.1 Å². The van der Waals surface area contributed by atoms with Crippen molar-refractivity contribution < 1.29 is 9.90 Å². The van der Waals surface area contributed by atoms with E-state index >= 15 is 0 Å². The Hall–Kier alpha value is -1.62. The van der Waals surface area contributed by atoms with E-state index in [9.17, 15) is 9.90 Å². The number of carbonyl (C=O) groups is 1. The predicted octanol–water partition coefficient (Wildman–Crippen LogP) is 1.60. The van der Waals surface area contributed by atoms with Gasteiger partial charge < -0.3 is 15.7 Å². The molecule has 1 unspecified atom stereocenters. The van der Waals surface area contributed by atoms with Crippen LogP contribution in [0.15, 0.2) is 24.3 Å². The van der Waals surface area contributed by atoms with Crippen LogP contribution in [0.1, 0.15) is 24.8 Å². The standard InChI is InChI=1S/C14H18N2O2S/c15-14(19)11-6-3-4-8-16(11)13(18)9-10-5-1-2-7-12(10)17/h1-2,5,7,11,17H,3-4,6,8-9H2,(H2,15,19). The van der Waals surface area contributed by atoms with Gasteiger partial charge in [-0.1, -0.05) is 30.4 Å². The fraction of sp³-hybridized carbons (Fsp3) is 0.429. The van der Waals surface area contributed by atoms with E-state index in [1.165, 1.54) is 0 Å². The minimum atomic E-state index is -0.137. The van der Waals surface area contributed by atoms with E-state index in [-0.39, 0.29) is 24.1 Å². The number of hydrogen-bond donors (Lipinski definition) is 2. The summed E-state index contributed by atoms with van der Waals surface area (Å²) in [4.78, 5) is 14.5. The van der Waals surface area contributed by atoms with Crippen molar-refractivity contribution in [1.29, 1.82) is 0 Å². The highest BCUT2D eigenvalue weighted by molar-refractivity contribution is 7.80. The van der Waals surface area contributed by atoms with E-state index in [0.29, 0.717) is 17.1 Å². The van der Waals surface area contributed by atoms with Crippen molar-refractivity contribution in [3.8, 4) is 5.75 Å². The summed E-state index contributed by atoms with van der Waals surface area (Å²) in [6, 6.07) is 6.75. The van der Waals surface area contributed by atoms with Crippen molar-refractivity contribution >= 4 is 23.1 Å². The van der Waals surface area contributed by atoms with Crippen LogP contribution in [0.3, 0.4) is 0 Å². The number of amides is 1. The SMILES string of the molecule is NC(=S)C1CCCCN1C(=O)Cc1ccccc1O. The predicted molar refractivity (Wildman–Crippen MR) is 77.9 cm³/mol. The van der Waals surface area contributed by atoms with Crippen LogP contribution < -0.4 is 5.73 Å². The molecule has 1 aliphatic heterocycles. The number of likely N-dealkylation sites (tertiary alicyclic amines) is 1. The molecule has 1 aliphatic rings. The van der Waals surface area contributed by atoms with Crippen molar-refractivity contribution in [2.75, 3.05) is 6.54 Å². The lowest BCUT2D eigenvalue weighted by Gasteiger charge is -2.35. The van der Waals surface area contributed by atoms with Crippen molar-refractivity contribution in [3.63, 3.8) is 0 Å². The summed E-state index contributed by atoms with van der Waals surface area (Å²) in [5.41, 5.74) is 6.35. The van der Waals surface area contributed by atoms with Gasteiger partial charge in [-0.2, -0.15) is 0 Å². The fourth-order valence-electron chi connectivity index (χ4n) is 2.45. The number of para-hydroxylation sites is 1. The summed E-state index contributed by atoms with van der Waals surface area (Å²) in [5.74, 6) is 0.124. The minimum absolute atomic E-state index is 0.0287. The first kappa shape index (κ1) is 13.8. The zero-order valence-corrected chi connectivity index (χ0v) is 11.5. The van der Waals surface area contributed by atoms with Gasteiger partial charge in [0.15, 0.2) is 0 Å². The molecular weight excluding hydrogens is 260 g/mol. The average molecular weight is 278 g/mol. The number of thiocarbonyl (C=S) groups is 1. The zero-order chi connectivity index (χ0) is 13.8. The topological polar surface area (TPSA) is 66.6 Å². The van der Waals surface area contributed by atoms with Crippen molar-refractivity contribution in [1.82, 2.24) is 4.90 Å². The summed E-state index contributed by atoms with van der Waals surface area (Å²) in [7, 11) is 0. The average Bonchev–Trinajstić information content (AvgIpc) is 2.41. The number of aromatic hydroxyl groups is 1. The van der Waals surface area contributed by atoms with Gasteiger partial charge >= 0.3 is 0 Å². The Morgan fingerprint density at radius 2 is 2.16 bits per heavy atom. The first-order chi connectivity index (χ1) is 9.09. The van der Waals surface area contributed by atoms with Crippen LogP contribution in [0.25, 0.3) is 0 Å². The van der Waals surface area contributed by atoms with Gasteiger partial charge in [0.2, 0.25) is 5.91 Å². The highest BCUT2D eigenvalue weighted by Crippen LogP contribution is 2.21. The molecule has 0 spiro atoms. The molecule has 1 aromatic carbocycles. The molecule has 0 saturated carbocycles. The van der Waals surface area contributed by atoms with Gasteiger partial charge in [0, 0.05) is 12.1 Å². The third-order valence-corrected chi connectivity index (χ3v) is 3.76. The lowest BCUT2D eigenvalue weighted by molar-refractivity contribution is -0.132. The van der Waals surface area contributed by atoms with Crippen molar-refractivity contribution in [3.05, 3.63) is 29.8 Å². The second-order valence-corrected chi connectivity index (χ2v) is 5.28. The van der Waals surface area contributed by atoms with E-state index < -0.39 is 0 Å². The molecule has 1 saturated heterocycles. The molecule has 0 aromatic heterocycles. The Kier molecular flexibility index (Phi) is 4.37. The monoisotopic (exact) mass is 278 g/mol. The lowest BCUT2D eigenvalue weighted by Crippen LogP contribution is -2.50. The summed E-state index contributed by atoms with van der Waals surface area (Å²) >= 11 is 5.04. The molecule has 1 atom stereocenters. The van der Waals surface area contributed by atoms with E-state index in [2.05, 4.69) is 0 Å². The number of nitrogens with zero attached hydrogens (tertiary/aromatic N) is 1. The Balaban J connectivity index is 2.10. The van der Waals surface area contributed by atoms with Gasteiger partial charge in [-0.15, -0.1) is 0 Å². The maximum atomic E-state index is 12.3. The Morgan fingerprint density at radius 1 is 1.42 bits per heavy atom. The third-order valence-electron chi connectivity index (χ3n) is 3.48. The van der Waals surface area contributed by atoms with E-state index in [1.807, 2.05) is 6.07 Å². The largest absolute Gasteiger partial charge is 0.508 e. The summed E-state index contributed by atoms with van der Waals surface area (Å²) in [5, 5.41) is 9.71. The molecule has 3 N–H and O–H groups in total. The fourth-order valence-corrected chi connectivity index (χ4v) is 2.70. The third kappa shape index (κ3) is 3.23. The number of hydrogen-bond acceptors (Lipinski definition) is 3. The zero-order valence-electron chi connectivity index (χ0n) is 10.7. The molecule has 2 rings (SSSR count). The van der Waals surface area contributed by atoms with Gasteiger partial charge in [0.1, 0.15) is 5.75 Å². The second kappa shape index (κ2) is 6.02. The van der Waals surface area contributed by atoms with Crippen molar-refractivity contribution in [2.24, 2.45) is 5.73 Å². The van der Waals surface area contributed by atoms with Crippen LogP contribution in [-0.4, -0.2) is 33.5 Å². The number of phenolic OH excluding ortho intramolecular Hbond substituents is 1. The number of carbonyl (C=O) groups excluding carboxylic acids is 1. The molecule has 4 nitrogen and oxygen atoms in total. The number of rotatable bonds is 3. The van der Waals surface area contributed by atoms with E-state index in [4.69, 9.17) is 18.0 Å². The normalized spacial score (nSPS) is 19.2. The van der Waals surface area contributed by atoms with Crippen molar-refractivity contribution in [2.45, 2.75) is 31.7 Å². The maximum Gasteiger partial charge on any atom is 0.227 e. The number of piperidine rings is 1. The Labute approximate surface area is 118 Å². The highest BCUT2D eigenvalue weighted by Gasteiger charge is 2.28. The Bertz CT molecular complexity index is 490. The Morgan fingerprint density at radius 3 is 2.84 bits per heavy atom. The van der Waals surface area contributed by atoms with Crippen LogP contribution in [0.4, 0.5) is 0 Å². The summed E-state index contributed by atoms with van der Waals surface area (Å²) in [6.07, 6.45) is 3.04. The molecule has 1 aromatic rings. The van der Waals surface area contributed by atoms with Crippen LogP contribution in [0, 0.1) is 0 Å². The minimum Gasteiger partial charge on any atom is -0.508 e. The van der Waals surface area contributed by atoms with Gasteiger partial charge in [-0.25, -0.2) is 0 Å². The number of nitrogens with two attached hydrogens (primary N) is 1. The molecule has 1 fully saturated rings. The van der Waals surface area contributed by atoms with Crippen LogP contribution in [0.2, 0.25) is 0 Å². The van der Waals surface area contributed by atoms with Gasteiger partial charge in [-0.3, -0.25) is 4.79 Å². The van der Waals surface area contributed by atoms with Crippen LogP contribution >= 0.6 is 12.2 Å². The van der Waals surface area contributed by atoms with E-state index in [0.717, 1.165) is 19.3 Å². The maximum absolute atomic E-state index is 12.3. The molecule has 0 aliphatic carbocycles. The first-order valence-corrected chi connectivity index (χ1v) is 6.86. The molecule has 102 valence electrons. The second-order valence-electron chi connectivity index (χ2n) is 4.81. The summed E-state index contributed by atoms with van der Waals surface area (Å²) < 4.78 is 0. The van der Waals surface area contributed by atoms with Crippen LogP contribution in [-0.2, 0) is 11.2 Å². The van der Waals surface area contributed by atoms with Crippen LogP contribution in [0.5, 0.6) is 5.75 Å². The molecule has 5 heteroatoms.